The maximum atomic E-state index is 11.0. The third-order valence-corrected chi connectivity index (χ3v) is 2.75. The van der Waals surface area contributed by atoms with Gasteiger partial charge < -0.3 is 11.5 Å². The minimum absolute atomic E-state index is 0.0991. The summed E-state index contributed by atoms with van der Waals surface area (Å²) in [6.07, 6.45) is 0. The van der Waals surface area contributed by atoms with Gasteiger partial charge in [-0.05, 0) is 19.4 Å². The van der Waals surface area contributed by atoms with Crippen molar-refractivity contribution in [1.29, 1.82) is 0 Å². The highest BCUT2D eigenvalue weighted by Crippen LogP contribution is 2.12. The second-order valence-corrected chi connectivity index (χ2v) is 4.51. The van der Waals surface area contributed by atoms with Crippen LogP contribution in [0, 0.1) is 0 Å². The second kappa shape index (κ2) is 6.37. The van der Waals surface area contributed by atoms with Crippen LogP contribution >= 0.6 is 0 Å². The van der Waals surface area contributed by atoms with Gasteiger partial charge in [-0.2, -0.15) is 0 Å². The molecule has 4 N–H and O–H groups in total. The molecule has 94 valence electrons. The molecular weight excluding hydrogens is 214 g/mol. The SMILES string of the molecule is CC(C)N(CC(N)=O)CC(N)c1ccccc1. The molecule has 1 unspecified atom stereocenters. The number of hydrogen-bond donors (Lipinski definition) is 2. The Labute approximate surface area is 103 Å². The van der Waals surface area contributed by atoms with Crippen LogP contribution in [0.3, 0.4) is 0 Å². The molecule has 1 aromatic rings. The molecule has 0 heterocycles. The van der Waals surface area contributed by atoms with Crippen LogP contribution in [0.25, 0.3) is 0 Å². The molecule has 1 atom stereocenters. The number of hydrogen-bond acceptors (Lipinski definition) is 3. The van der Waals surface area contributed by atoms with Crippen molar-refractivity contribution < 1.29 is 4.79 Å². The van der Waals surface area contributed by atoms with Crippen LogP contribution in [-0.4, -0.2) is 29.9 Å². The first-order chi connectivity index (χ1) is 8.00. The number of benzene rings is 1. The molecular formula is C13H21N3O. The maximum Gasteiger partial charge on any atom is 0.231 e. The summed E-state index contributed by atoms with van der Waals surface area (Å²) in [4.78, 5) is 13.0. The number of amides is 1. The van der Waals surface area contributed by atoms with Crippen LogP contribution in [0.2, 0.25) is 0 Å². The molecule has 0 aliphatic heterocycles. The fourth-order valence-corrected chi connectivity index (χ4v) is 1.72. The van der Waals surface area contributed by atoms with Crippen molar-refractivity contribution in [3.63, 3.8) is 0 Å². The molecule has 4 nitrogen and oxygen atoms in total. The van der Waals surface area contributed by atoms with E-state index in [4.69, 9.17) is 11.5 Å². The molecule has 4 heteroatoms. The van der Waals surface area contributed by atoms with Crippen molar-refractivity contribution in [1.82, 2.24) is 4.90 Å². The van der Waals surface area contributed by atoms with Crippen LogP contribution in [0.15, 0.2) is 30.3 Å². The van der Waals surface area contributed by atoms with Gasteiger partial charge >= 0.3 is 0 Å². The number of rotatable bonds is 6. The standard InChI is InChI=1S/C13H21N3O/c1-10(2)16(9-13(15)17)8-12(14)11-6-4-3-5-7-11/h3-7,10,12H,8-9,14H2,1-2H3,(H2,15,17). The summed E-state index contributed by atoms with van der Waals surface area (Å²) in [5.74, 6) is -0.320. The lowest BCUT2D eigenvalue weighted by molar-refractivity contribution is -0.119. The summed E-state index contributed by atoms with van der Waals surface area (Å²) >= 11 is 0. The van der Waals surface area contributed by atoms with Gasteiger partial charge in [-0.25, -0.2) is 0 Å². The van der Waals surface area contributed by atoms with Crippen molar-refractivity contribution in [3.8, 4) is 0 Å². The molecule has 1 rings (SSSR count). The number of nitrogens with zero attached hydrogens (tertiary/aromatic N) is 1. The molecule has 0 fully saturated rings. The summed E-state index contributed by atoms with van der Waals surface area (Å²) in [7, 11) is 0. The summed E-state index contributed by atoms with van der Waals surface area (Å²) in [6, 6.07) is 10.0. The molecule has 1 amide bonds. The van der Waals surface area contributed by atoms with Gasteiger partial charge in [0.05, 0.1) is 6.54 Å². The molecule has 0 bridgehead atoms. The van der Waals surface area contributed by atoms with Gasteiger partial charge in [0.25, 0.3) is 0 Å². The summed E-state index contributed by atoms with van der Waals surface area (Å²) in [5, 5.41) is 0. The first-order valence-corrected chi connectivity index (χ1v) is 5.83. The monoisotopic (exact) mass is 235 g/mol. The van der Waals surface area contributed by atoms with Crippen LogP contribution in [0.5, 0.6) is 0 Å². The summed E-state index contributed by atoms with van der Waals surface area (Å²) in [6.45, 7) is 4.93. The Morgan fingerprint density at radius 3 is 2.35 bits per heavy atom. The first kappa shape index (κ1) is 13.7. The topological polar surface area (TPSA) is 72.3 Å². The smallest absolute Gasteiger partial charge is 0.231 e. The van der Waals surface area contributed by atoms with Gasteiger partial charge in [-0.3, -0.25) is 9.69 Å². The van der Waals surface area contributed by atoms with Crippen molar-refractivity contribution in [2.24, 2.45) is 11.5 Å². The zero-order chi connectivity index (χ0) is 12.8. The zero-order valence-electron chi connectivity index (χ0n) is 10.5. The minimum atomic E-state index is -0.320. The van der Waals surface area contributed by atoms with Gasteiger partial charge in [0.2, 0.25) is 5.91 Å². The van der Waals surface area contributed by atoms with E-state index in [0.29, 0.717) is 6.54 Å². The highest BCUT2D eigenvalue weighted by atomic mass is 16.1. The predicted molar refractivity (Wildman–Crippen MR) is 69.3 cm³/mol. The number of nitrogens with two attached hydrogens (primary N) is 2. The van der Waals surface area contributed by atoms with Gasteiger partial charge in [-0.1, -0.05) is 30.3 Å². The molecule has 17 heavy (non-hydrogen) atoms. The molecule has 0 saturated carbocycles. The highest BCUT2D eigenvalue weighted by Gasteiger charge is 2.16. The van der Waals surface area contributed by atoms with Crippen LogP contribution < -0.4 is 11.5 Å². The second-order valence-electron chi connectivity index (χ2n) is 4.51. The van der Waals surface area contributed by atoms with Gasteiger partial charge in [0.15, 0.2) is 0 Å². The van der Waals surface area contributed by atoms with E-state index in [1.54, 1.807) is 0 Å². The normalized spacial score (nSPS) is 13.0. The van der Waals surface area contributed by atoms with Crippen LogP contribution in [0.4, 0.5) is 0 Å². The minimum Gasteiger partial charge on any atom is -0.369 e. The highest BCUT2D eigenvalue weighted by molar-refractivity contribution is 5.75. The van der Waals surface area contributed by atoms with Gasteiger partial charge in [-0.15, -0.1) is 0 Å². The Morgan fingerprint density at radius 2 is 1.88 bits per heavy atom. The van der Waals surface area contributed by atoms with E-state index in [0.717, 1.165) is 5.56 Å². The Morgan fingerprint density at radius 1 is 1.29 bits per heavy atom. The quantitative estimate of drug-likeness (QED) is 0.769. The maximum absolute atomic E-state index is 11.0. The molecule has 0 aliphatic carbocycles. The van der Waals surface area contributed by atoms with Gasteiger partial charge in [0.1, 0.15) is 0 Å². The van der Waals surface area contributed by atoms with Crippen LogP contribution in [-0.2, 0) is 4.79 Å². The largest absolute Gasteiger partial charge is 0.369 e. The van der Waals surface area contributed by atoms with Crippen LogP contribution in [0.1, 0.15) is 25.5 Å². The van der Waals surface area contributed by atoms with Crippen molar-refractivity contribution in [3.05, 3.63) is 35.9 Å². The Bertz CT molecular complexity index is 351. The van der Waals surface area contributed by atoms with E-state index in [1.807, 2.05) is 49.1 Å². The molecule has 0 spiro atoms. The average Bonchev–Trinajstić information content (AvgIpc) is 2.28. The fourth-order valence-electron chi connectivity index (χ4n) is 1.72. The summed E-state index contributed by atoms with van der Waals surface area (Å²) < 4.78 is 0. The van der Waals surface area contributed by atoms with Crippen molar-refractivity contribution in [2.45, 2.75) is 25.9 Å². The number of primary amides is 1. The number of carbonyl (C=O) groups excluding carboxylic acids is 1. The lowest BCUT2D eigenvalue weighted by Crippen LogP contribution is -2.42. The van der Waals surface area contributed by atoms with Gasteiger partial charge in [0, 0.05) is 18.6 Å². The van der Waals surface area contributed by atoms with E-state index in [2.05, 4.69) is 0 Å². The van der Waals surface area contributed by atoms with Crippen molar-refractivity contribution in [2.75, 3.05) is 13.1 Å². The lowest BCUT2D eigenvalue weighted by Gasteiger charge is -2.28. The molecule has 0 aromatic heterocycles. The molecule has 1 aromatic carbocycles. The Hall–Kier alpha value is -1.39. The van der Waals surface area contributed by atoms with E-state index >= 15 is 0 Å². The number of carbonyl (C=O) groups is 1. The average molecular weight is 235 g/mol. The Kier molecular flexibility index (Phi) is 5.12. The van der Waals surface area contributed by atoms with E-state index < -0.39 is 0 Å². The van der Waals surface area contributed by atoms with E-state index in [-0.39, 0.29) is 24.5 Å². The van der Waals surface area contributed by atoms with E-state index in [1.165, 1.54) is 0 Å². The molecule has 0 radical (unpaired) electrons. The fraction of sp³-hybridized carbons (Fsp3) is 0.462. The Balaban J connectivity index is 2.64. The molecule has 0 aliphatic rings. The third-order valence-electron chi connectivity index (χ3n) is 2.75. The third kappa shape index (κ3) is 4.54. The predicted octanol–water partition coefficient (Wildman–Crippen LogP) is 0.882. The lowest BCUT2D eigenvalue weighted by atomic mass is 10.1. The summed E-state index contributed by atoms with van der Waals surface area (Å²) in [5.41, 5.74) is 12.4. The first-order valence-electron chi connectivity index (χ1n) is 5.83. The van der Waals surface area contributed by atoms with Crippen molar-refractivity contribution >= 4 is 5.91 Å². The van der Waals surface area contributed by atoms with E-state index in [9.17, 15) is 4.79 Å². The zero-order valence-corrected chi connectivity index (χ0v) is 10.5. The molecule has 0 saturated heterocycles.